The number of rotatable bonds is 4. The Morgan fingerprint density at radius 1 is 1.25 bits per heavy atom. The van der Waals surface area contributed by atoms with Crippen LogP contribution in [0.5, 0.6) is 5.75 Å². The van der Waals surface area contributed by atoms with E-state index in [2.05, 4.69) is 10.6 Å². The number of carbonyl (C=O) groups is 2. The molecule has 0 radical (unpaired) electrons. The minimum Gasteiger partial charge on any atom is -0.508 e. The largest absolute Gasteiger partial charge is 0.508 e. The molecule has 5 nitrogen and oxygen atoms in total. The number of nitrogens with one attached hydrogen (secondary N) is 2. The first-order valence-electron chi connectivity index (χ1n) is 7.82. The summed E-state index contributed by atoms with van der Waals surface area (Å²) in [6.07, 6.45) is 3.52. The standard InChI is InChI=1S/C18H22N2O3S/c1-11-5-4-6-16(20-13(3)21)24-17(11)18(23)19-12(2)14-7-9-15(22)10-8-14/h6-10,12,22H,4-5H2,1-3H3,(H,19,23)(H,20,21). The van der Waals surface area contributed by atoms with Gasteiger partial charge in [0.15, 0.2) is 0 Å². The predicted octanol–water partition coefficient (Wildman–Crippen LogP) is 3.35. The SMILES string of the molecule is CC(=O)NC1=CCCC(C)=C(C(=O)NC(C)c2ccc(O)cc2)S1. The van der Waals surface area contributed by atoms with Crippen LogP contribution in [-0.2, 0) is 9.59 Å². The molecule has 1 aliphatic heterocycles. The second kappa shape index (κ2) is 8.06. The molecule has 0 bridgehead atoms. The van der Waals surface area contributed by atoms with Crippen LogP contribution in [0.3, 0.4) is 0 Å². The number of carbonyl (C=O) groups excluding carboxylic acids is 2. The Morgan fingerprint density at radius 3 is 2.54 bits per heavy atom. The van der Waals surface area contributed by atoms with E-state index in [0.29, 0.717) is 9.93 Å². The van der Waals surface area contributed by atoms with E-state index in [1.165, 1.54) is 18.7 Å². The van der Waals surface area contributed by atoms with E-state index in [-0.39, 0.29) is 23.6 Å². The Balaban J connectivity index is 2.10. The average Bonchev–Trinajstić information content (AvgIpc) is 2.69. The van der Waals surface area contributed by atoms with Gasteiger partial charge in [-0.1, -0.05) is 35.5 Å². The maximum atomic E-state index is 12.7. The van der Waals surface area contributed by atoms with Gasteiger partial charge in [-0.3, -0.25) is 9.59 Å². The number of phenolic OH excluding ortho intramolecular Hbond substituents is 1. The highest BCUT2D eigenvalue weighted by Crippen LogP contribution is 2.32. The van der Waals surface area contributed by atoms with Crippen molar-refractivity contribution < 1.29 is 14.7 Å². The van der Waals surface area contributed by atoms with Gasteiger partial charge in [0, 0.05) is 6.92 Å². The molecular formula is C18H22N2O3S. The van der Waals surface area contributed by atoms with Crippen molar-refractivity contribution in [3.05, 3.63) is 51.4 Å². The van der Waals surface area contributed by atoms with Gasteiger partial charge in [-0.2, -0.15) is 0 Å². The molecule has 6 heteroatoms. The lowest BCUT2D eigenvalue weighted by Gasteiger charge is -2.17. The summed E-state index contributed by atoms with van der Waals surface area (Å²) in [6.45, 7) is 5.29. The monoisotopic (exact) mass is 346 g/mol. The van der Waals surface area contributed by atoms with Crippen LogP contribution in [-0.4, -0.2) is 16.9 Å². The Hall–Kier alpha value is -2.21. The van der Waals surface area contributed by atoms with E-state index in [1.807, 2.05) is 19.9 Å². The number of benzene rings is 1. The topological polar surface area (TPSA) is 78.4 Å². The third kappa shape index (κ3) is 4.89. The maximum Gasteiger partial charge on any atom is 0.258 e. The van der Waals surface area contributed by atoms with E-state index in [1.54, 1.807) is 24.3 Å². The Morgan fingerprint density at radius 2 is 1.92 bits per heavy atom. The summed E-state index contributed by atoms with van der Waals surface area (Å²) in [5.74, 6) is -0.109. The molecule has 0 spiro atoms. The molecular weight excluding hydrogens is 324 g/mol. The van der Waals surface area contributed by atoms with Crippen LogP contribution in [0.25, 0.3) is 0 Å². The molecule has 1 unspecified atom stereocenters. The quantitative estimate of drug-likeness (QED) is 0.781. The highest BCUT2D eigenvalue weighted by Gasteiger charge is 2.20. The lowest BCUT2D eigenvalue weighted by molar-refractivity contribution is -0.118. The van der Waals surface area contributed by atoms with Crippen molar-refractivity contribution in [2.24, 2.45) is 0 Å². The van der Waals surface area contributed by atoms with E-state index < -0.39 is 0 Å². The molecule has 0 saturated carbocycles. The fourth-order valence-corrected chi connectivity index (χ4v) is 3.41. The first kappa shape index (κ1) is 18.1. The highest BCUT2D eigenvalue weighted by atomic mass is 32.2. The molecule has 0 saturated heterocycles. The molecule has 1 aliphatic rings. The van der Waals surface area contributed by atoms with Crippen LogP contribution in [0.1, 0.15) is 45.2 Å². The molecule has 0 aliphatic carbocycles. The number of thioether (sulfide) groups is 1. The number of aromatic hydroxyl groups is 1. The van der Waals surface area contributed by atoms with Gasteiger partial charge in [-0.25, -0.2) is 0 Å². The van der Waals surface area contributed by atoms with Crippen LogP contribution < -0.4 is 10.6 Å². The van der Waals surface area contributed by atoms with Crippen LogP contribution in [0.2, 0.25) is 0 Å². The van der Waals surface area contributed by atoms with E-state index in [4.69, 9.17) is 0 Å². The van der Waals surface area contributed by atoms with Gasteiger partial charge in [0.25, 0.3) is 5.91 Å². The van der Waals surface area contributed by atoms with Crippen LogP contribution in [0.15, 0.2) is 45.8 Å². The van der Waals surface area contributed by atoms with Gasteiger partial charge in [-0.05, 0) is 44.4 Å². The molecule has 128 valence electrons. The van der Waals surface area contributed by atoms with Crippen molar-refractivity contribution in [3.8, 4) is 5.75 Å². The van der Waals surface area contributed by atoms with Gasteiger partial charge in [0.1, 0.15) is 5.75 Å². The summed E-state index contributed by atoms with van der Waals surface area (Å²) >= 11 is 1.29. The first-order chi connectivity index (χ1) is 11.4. The summed E-state index contributed by atoms with van der Waals surface area (Å²) in [7, 11) is 0. The molecule has 2 rings (SSSR count). The lowest BCUT2D eigenvalue weighted by atomic mass is 10.1. The van der Waals surface area contributed by atoms with Crippen molar-refractivity contribution in [2.45, 2.75) is 39.7 Å². The molecule has 2 amide bonds. The number of phenols is 1. The summed E-state index contributed by atoms with van der Waals surface area (Å²) < 4.78 is 0. The summed E-state index contributed by atoms with van der Waals surface area (Å²) in [6, 6.07) is 6.57. The number of hydrogen-bond acceptors (Lipinski definition) is 4. The zero-order chi connectivity index (χ0) is 17.7. The van der Waals surface area contributed by atoms with Crippen molar-refractivity contribution in [1.29, 1.82) is 0 Å². The predicted molar refractivity (Wildman–Crippen MR) is 96.1 cm³/mol. The Labute approximate surface area is 146 Å². The lowest BCUT2D eigenvalue weighted by Crippen LogP contribution is -2.28. The van der Waals surface area contributed by atoms with E-state index in [0.717, 1.165) is 24.0 Å². The van der Waals surface area contributed by atoms with E-state index >= 15 is 0 Å². The Kier molecular flexibility index (Phi) is 6.09. The molecule has 1 aromatic carbocycles. The van der Waals surface area contributed by atoms with Crippen LogP contribution in [0.4, 0.5) is 0 Å². The number of amides is 2. The first-order valence-corrected chi connectivity index (χ1v) is 8.63. The van der Waals surface area contributed by atoms with Gasteiger partial charge < -0.3 is 15.7 Å². The summed E-state index contributed by atoms with van der Waals surface area (Å²) in [5.41, 5.74) is 1.92. The molecule has 1 aromatic rings. The molecule has 1 atom stereocenters. The normalized spacial score (nSPS) is 16.0. The average molecular weight is 346 g/mol. The van der Waals surface area contributed by atoms with Crippen molar-refractivity contribution in [3.63, 3.8) is 0 Å². The van der Waals surface area contributed by atoms with Gasteiger partial charge >= 0.3 is 0 Å². The summed E-state index contributed by atoms with van der Waals surface area (Å²) in [5, 5.41) is 15.8. The second-order valence-corrected chi connectivity index (χ2v) is 6.84. The minimum atomic E-state index is -0.185. The van der Waals surface area contributed by atoms with Crippen molar-refractivity contribution >= 4 is 23.6 Å². The van der Waals surface area contributed by atoms with Gasteiger partial charge in [-0.15, -0.1) is 0 Å². The third-order valence-electron chi connectivity index (χ3n) is 3.69. The zero-order valence-corrected chi connectivity index (χ0v) is 14.9. The van der Waals surface area contributed by atoms with Gasteiger partial charge in [0.2, 0.25) is 5.91 Å². The fourth-order valence-electron chi connectivity index (χ4n) is 2.37. The van der Waals surface area contributed by atoms with Crippen molar-refractivity contribution in [2.75, 3.05) is 0 Å². The Bertz CT molecular complexity index is 693. The third-order valence-corrected chi connectivity index (χ3v) is 4.92. The van der Waals surface area contributed by atoms with Crippen LogP contribution in [0, 0.1) is 0 Å². The highest BCUT2D eigenvalue weighted by molar-refractivity contribution is 8.07. The summed E-state index contributed by atoms with van der Waals surface area (Å²) in [4.78, 5) is 24.6. The number of allylic oxidation sites excluding steroid dienone is 2. The molecule has 0 fully saturated rings. The smallest absolute Gasteiger partial charge is 0.258 e. The second-order valence-electron chi connectivity index (χ2n) is 5.79. The minimum absolute atomic E-state index is 0.148. The fraction of sp³-hybridized carbons (Fsp3) is 0.333. The molecule has 0 aromatic heterocycles. The van der Waals surface area contributed by atoms with Gasteiger partial charge in [0.05, 0.1) is 16.0 Å². The van der Waals surface area contributed by atoms with E-state index in [9.17, 15) is 14.7 Å². The van der Waals surface area contributed by atoms with Crippen molar-refractivity contribution in [1.82, 2.24) is 10.6 Å². The molecule has 1 heterocycles. The number of hydrogen-bond donors (Lipinski definition) is 3. The molecule has 3 N–H and O–H groups in total. The zero-order valence-electron chi connectivity index (χ0n) is 14.1. The molecule has 24 heavy (non-hydrogen) atoms. The van der Waals surface area contributed by atoms with Crippen LogP contribution >= 0.6 is 11.8 Å². The maximum absolute atomic E-state index is 12.7.